The van der Waals surface area contributed by atoms with Crippen LogP contribution < -0.4 is 4.90 Å². The Bertz CT molecular complexity index is 948. The van der Waals surface area contributed by atoms with E-state index in [4.69, 9.17) is 21.6 Å². The van der Waals surface area contributed by atoms with Crippen LogP contribution in [0.1, 0.15) is 17.5 Å². The Labute approximate surface area is 173 Å². The van der Waals surface area contributed by atoms with Crippen LogP contribution in [0.2, 0.25) is 5.02 Å². The molecule has 3 rings (SSSR count). The molecular formula is C21H20ClF2N3O2. The lowest BCUT2D eigenvalue weighted by molar-refractivity contribution is -0.128. The number of nitrogens with zero attached hydrogens (tertiary/aromatic N) is 3. The molecule has 1 heterocycles. The minimum atomic E-state index is -0.657. The summed E-state index contributed by atoms with van der Waals surface area (Å²) in [6.07, 6.45) is 0.254. The average Bonchev–Trinajstić information content (AvgIpc) is 3.06. The molecule has 5 nitrogen and oxygen atoms in total. The predicted octanol–water partition coefficient (Wildman–Crippen LogP) is 3.74. The number of carbonyl (C=O) groups excluding carboxylic acids is 1. The van der Waals surface area contributed by atoms with Gasteiger partial charge in [0.2, 0.25) is 5.91 Å². The Morgan fingerprint density at radius 2 is 2.10 bits per heavy atom. The minimum absolute atomic E-state index is 0.0172. The van der Waals surface area contributed by atoms with Gasteiger partial charge in [0.05, 0.1) is 23.2 Å². The molecular weight excluding hydrogens is 400 g/mol. The molecule has 0 bridgehead atoms. The van der Waals surface area contributed by atoms with Crippen LogP contribution in [0.15, 0.2) is 36.4 Å². The predicted molar refractivity (Wildman–Crippen MR) is 106 cm³/mol. The van der Waals surface area contributed by atoms with Crippen molar-refractivity contribution in [2.75, 3.05) is 31.7 Å². The van der Waals surface area contributed by atoms with Gasteiger partial charge in [0.15, 0.2) is 0 Å². The first-order valence-corrected chi connectivity index (χ1v) is 9.47. The number of hydrogen-bond donors (Lipinski definition) is 0. The Hall–Kier alpha value is -2.69. The number of likely N-dealkylation sites (tertiary alicyclic amines) is 1. The largest absolute Gasteiger partial charge is 0.383 e. The van der Waals surface area contributed by atoms with Crippen LogP contribution in [0.3, 0.4) is 0 Å². The van der Waals surface area contributed by atoms with E-state index in [0.29, 0.717) is 36.5 Å². The Morgan fingerprint density at radius 3 is 2.76 bits per heavy atom. The number of carbonyl (C=O) groups is 1. The summed E-state index contributed by atoms with van der Waals surface area (Å²) in [5.41, 5.74) is 1.28. The van der Waals surface area contributed by atoms with Crippen molar-refractivity contribution in [3.8, 4) is 6.07 Å². The van der Waals surface area contributed by atoms with Gasteiger partial charge in [0.1, 0.15) is 17.7 Å². The van der Waals surface area contributed by atoms with E-state index in [-0.39, 0.29) is 29.9 Å². The molecule has 1 aliphatic rings. The molecule has 1 saturated heterocycles. The van der Waals surface area contributed by atoms with E-state index in [2.05, 4.69) is 0 Å². The summed E-state index contributed by atoms with van der Waals surface area (Å²) in [6.45, 7) is 1.47. The maximum absolute atomic E-state index is 14.3. The molecule has 152 valence electrons. The third-order valence-corrected chi connectivity index (χ3v) is 5.27. The van der Waals surface area contributed by atoms with E-state index in [0.717, 1.165) is 6.07 Å². The highest BCUT2D eigenvalue weighted by molar-refractivity contribution is 6.32. The average molecular weight is 420 g/mol. The van der Waals surface area contributed by atoms with Crippen molar-refractivity contribution in [1.29, 1.82) is 5.26 Å². The zero-order valence-corrected chi connectivity index (χ0v) is 16.6. The molecule has 0 aliphatic carbocycles. The molecule has 1 fully saturated rings. The van der Waals surface area contributed by atoms with Gasteiger partial charge in [-0.05, 0) is 24.3 Å². The third-order valence-electron chi connectivity index (χ3n) is 4.96. The highest BCUT2D eigenvalue weighted by Gasteiger charge is 2.34. The number of ether oxygens (including phenoxy) is 1. The van der Waals surface area contributed by atoms with Crippen LogP contribution in [0, 0.1) is 23.0 Å². The molecule has 8 heteroatoms. The van der Waals surface area contributed by atoms with Crippen LogP contribution in [-0.4, -0.2) is 43.7 Å². The molecule has 0 spiro atoms. The lowest BCUT2D eigenvalue weighted by Gasteiger charge is -2.31. The van der Waals surface area contributed by atoms with Crippen molar-refractivity contribution in [2.45, 2.75) is 19.0 Å². The van der Waals surface area contributed by atoms with Crippen molar-refractivity contribution >= 4 is 23.2 Å². The summed E-state index contributed by atoms with van der Waals surface area (Å²) in [5, 5.41) is 9.39. The summed E-state index contributed by atoms with van der Waals surface area (Å²) in [6, 6.07) is 10.1. The maximum atomic E-state index is 14.3. The van der Waals surface area contributed by atoms with Gasteiger partial charge in [-0.1, -0.05) is 17.7 Å². The normalized spacial score (nSPS) is 16.2. The second-order valence-electron chi connectivity index (χ2n) is 6.83. The van der Waals surface area contributed by atoms with Gasteiger partial charge in [-0.15, -0.1) is 0 Å². The smallest absolute Gasteiger partial charge is 0.224 e. The summed E-state index contributed by atoms with van der Waals surface area (Å²) in [5.74, 6) is -1.33. The van der Waals surface area contributed by atoms with Gasteiger partial charge in [0, 0.05) is 50.5 Å². The molecule has 29 heavy (non-hydrogen) atoms. The molecule has 0 unspecified atom stereocenters. The van der Waals surface area contributed by atoms with Crippen LogP contribution in [-0.2, 0) is 16.1 Å². The number of rotatable bonds is 7. The monoisotopic (exact) mass is 419 g/mol. The first-order chi connectivity index (χ1) is 13.9. The van der Waals surface area contributed by atoms with Crippen molar-refractivity contribution in [2.24, 2.45) is 0 Å². The zero-order valence-electron chi connectivity index (χ0n) is 15.9. The number of hydrogen-bond acceptors (Lipinski definition) is 4. The Morgan fingerprint density at radius 1 is 1.31 bits per heavy atom. The van der Waals surface area contributed by atoms with Gasteiger partial charge in [-0.3, -0.25) is 4.79 Å². The molecule has 1 amide bonds. The molecule has 0 saturated carbocycles. The number of benzene rings is 2. The second kappa shape index (κ2) is 9.21. The van der Waals surface area contributed by atoms with Crippen molar-refractivity contribution in [3.05, 3.63) is 64.2 Å². The van der Waals surface area contributed by atoms with Crippen molar-refractivity contribution in [1.82, 2.24) is 4.90 Å². The topological polar surface area (TPSA) is 56.6 Å². The highest BCUT2D eigenvalue weighted by Crippen LogP contribution is 2.30. The van der Waals surface area contributed by atoms with E-state index >= 15 is 0 Å². The van der Waals surface area contributed by atoms with Crippen LogP contribution >= 0.6 is 11.6 Å². The van der Waals surface area contributed by atoms with E-state index in [1.165, 1.54) is 12.1 Å². The van der Waals surface area contributed by atoms with Gasteiger partial charge < -0.3 is 14.5 Å². The number of methoxy groups -OCH3 is 1. The van der Waals surface area contributed by atoms with E-state index < -0.39 is 11.6 Å². The molecule has 2 aromatic carbocycles. The van der Waals surface area contributed by atoms with Crippen molar-refractivity contribution in [3.63, 3.8) is 0 Å². The highest BCUT2D eigenvalue weighted by atomic mass is 35.5. The van der Waals surface area contributed by atoms with E-state index in [1.54, 1.807) is 30.2 Å². The maximum Gasteiger partial charge on any atom is 0.224 e. The molecule has 2 aromatic rings. The summed E-state index contributed by atoms with van der Waals surface area (Å²) < 4.78 is 32.7. The number of anilines is 1. The van der Waals surface area contributed by atoms with Crippen LogP contribution in [0.25, 0.3) is 0 Å². The molecule has 0 N–H and O–H groups in total. The SMILES string of the molecule is COCCN1C[C@@H](N(Cc2ccc(F)cc2F)c2ccc(C#N)c(Cl)c2)CC1=O. The first kappa shape index (κ1) is 21.0. The quantitative estimate of drug-likeness (QED) is 0.686. The molecule has 1 atom stereocenters. The number of amides is 1. The van der Waals surface area contributed by atoms with Gasteiger partial charge >= 0.3 is 0 Å². The fourth-order valence-electron chi connectivity index (χ4n) is 3.42. The second-order valence-corrected chi connectivity index (χ2v) is 7.24. The third kappa shape index (κ3) is 4.84. The molecule has 1 aliphatic heterocycles. The lowest BCUT2D eigenvalue weighted by atomic mass is 10.1. The fraction of sp³-hybridized carbons (Fsp3) is 0.333. The Balaban J connectivity index is 1.92. The first-order valence-electron chi connectivity index (χ1n) is 9.10. The van der Waals surface area contributed by atoms with Crippen LogP contribution in [0.5, 0.6) is 0 Å². The number of nitriles is 1. The van der Waals surface area contributed by atoms with Gasteiger partial charge in [-0.2, -0.15) is 5.26 Å². The van der Waals surface area contributed by atoms with Gasteiger partial charge in [0.25, 0.3) is 0 Å². The molecule has 0 aromatic heterocycles. The Kier molecular flexibility index (Phi) is 6.68. The van der Waals surface area contributed by atoms with Crippen molar-refractivity contribution < 1.29 is 18.3 Å². The van der Waals surface area contributed by atoms with Crippen LogP contribution in [0.4, 0.5) is 14.5 Å². The number of halogens is 3. The zero-order chi connectivity index (χ0) is 21.0. The minimum Gasteiger partial charge on any atom is -0.383 e. The summed E-state index contributed by atoms with van der Waals surface area (Å²) in [4.78, 5) is 16.0. The summed E-state index contributed by atoms with van der Waals surface area (Å²) >= 11 is 6.19. The standard InChI is InChI=1S/C21H20ClF2N3O2/c1-29-7-6-26-13-18(10-21(26)28)27(12-15-2-4-16(23)8-20(15)24)17-5-3-14(11-25)19(22)9-17/h2-5,8-9,18H,6-7,10,12-13H2,1H3/t18-/m0/s1. The molecule has 0 radical (unpaired) electrons. The van der Waals surface area contributed by atoms with E-state index in [9.17, 15) is 13.6 Å². The van der Waals surface area contributed by atoms with Gasteiger partial charge in [-0.25, -0.2) is 8.78 Å². The van der Waals surface area contributed by atoms with E-state index in [1.807, 2.05) is 11.0 Å². The summed E-state index contributed by atoms with van der Waals surface area (Å²) in [7, 11) is 1.57. The fourth-order valence-corrected chi connectivity index (χ4v) is 3.63. The lowest BCUT2D eigenvalue weighted by Crippen LogP contribution is -2.38.